The molecule has 7 rings (SSSR count). The van der Waals surface area contributed by atoms with E-state index in [4.69, 9.17) is 56.5 Å². The lowest BCUT2D eigenvalue weighted by atomic mass is 10.1. The average molecular weight is 758 g/mol. The second-order valence-electron chi connectivity index (χ2n) is 10.5. The molecule has 3 saturated heterocycles. The molecule has 4 aromatic rings. The number of nitrogens with two attached hydrogens (primary N) is 1. The van der Waals surface area contributed by atoms with Crippen molar-refractivity contribution in [2.45, 2.75) is 49.1 Å². The number of hydrogen-bond acceptors (Lipinski definition) is 15. The molecule has 6 heterocycles. The van der Waals surface area contributed by atoms with Crippen molar-refractivity contribution in [2.75, 3.05) is 18.9 Å². The van der Waals surface area contributed by atoms with E-state index in [-0.39, 0.29) is 27.2 Å². The minimum atomic E-state index is -4.35. The van der Waals surface area contributed by atoms with Crippen molar-refractivity contribution >= 4 is 89.4 Å². The van der Waals surface area contributed by atoms with E-state index < -0.39 is 81.4 Å². The summed E-state index contributed by atoms with van der Waals surface area (Å²) in [5.41, 5.74) is 5.80. The summed E-state index contributed by atoms with van der Waals surface area (Å²) in [4.78, 5) is 27.0. The zero-order chi connectivity index (χ0) is 32.7. The predicted molar refractivity (Wildman–Crippen MR) is 167 cm³/mol. The van der Waals surface area contributed by atoms with E-state index in [2.05, 4.69) is 44.4 Å². The van der Waals surface area contributed by atoms with Gasteiger partial charge in [0.25, 0.3) is 5.56 Å². The number of thiol groups is 2. The zero-order valence-electron chi connectivity index (χ0n) is 22.8. The SMILES string of the molecule is Nc1nc2c(ncn2C2OC3COP(=O)(S)OC4C(O)C(COP(=O)(S)OC3C2O)OC4n2cnc3cc(Cl)c(Cl)cc32)c(=O)[nH]1. The molecule has 3 aliphatic rings. The van der Waals surface area contributed by atoms with E-state index >= 15 is 0 Å². The summed E-state index contributed by atoms with van der Waals surface area (Å²) in [5.74, 6) is -0.219. The minimum Gasteiger partial charge on any atom is -0.387 e. The van der Waals surface area contributed by atoms with Crippen LogP contribution in [0.15, 0.2) is 29.6 Å². The normalized spacial score (nSPS) is 37.2. The van der Waals surface area contributed by atoms with Crippen molar-refractivity contribution in [1.29, 1.82) is 0 Å². The smallest absolute Gasteiger partial charge is 0.386 e. The molecule has 0 amide bonds. The van der Waals surface area contributed by atoms with E-state index in [0.717, 1.165) is 0 Å². The van der Waals surface area contributed by atoms with Crippen LogP contribution in [-0.4, -0.2) is 89.1 Å². The number of imidazole rings is 2. The number of ether oxygens (including phenoxy) is 2. The van der Waals surface area contributed by atoms with E-state index in [0.29, 0.717) is 11.0 Å². The molecular weight excluding hydrogens is 735 g/mol. The maximum absolute atomic E-state index is 13.6. The summed E-state index contributed by atoms with van der Waals surface area (Å²) in [6.45, 7) is -9.84. The van der Waals surface area contributed by atoms with Crippen molar-refractivity contribution in [2.24, 2.45) is 0 Å². The molecule has 46 heavy (non-hydrogen) atoms. The highest BCUT2D eigenvalue weighted by Gasteiger charge is 2.53. The van der Waals surface area contributed by atoms with Crippen LogP contribution in [0.5, 0.6) is 0 Å². The van der Waals surface area contributed by atoms with Crippen LogP contribution in [-0.2, 0) is 36.7 Å². The highest BCUT2D eigenvalue weighted by atomic mass is 35.5. The lowest BCUT2D eigenvalue weighted by Gasteiger charge is -2.26. The highest BCUT2D eigenvalue weighted by Crippen LogP contribution is 2.60. The number of aromatic amines is 1. The van der Waals surface area contributed by atoms with E-state index in [1.807, 2.05) is 0 Å². The number of nitrogen functional groups attached to an aromatic ring is 1. The van der Waals surface area contributed by atoms with Gasteiger partial charge in [-0.25, -0.2) is 19.1 Å². The van der Waals surface area contributed by atoms with Crippen LogP contribution in [0.2, 0.25) is 10.0 Å². The van der Waals surface area contributed by atoms with Gasteiger partial charge in [-0.05, 0) is 12.1 Å². The standard InChI is InChI=1S/C22H23Cl2N7O11P2S2/c23-7-1-9-10(2-8(7)24)30(5-26-9)21-17-14(32)11(39-21)3-37-43(35,45)41-16-12(4-38-44(36,46)42-17)40-20(15(16)33)31-6-27-13-18(31)28-22(25)29-19(13)34/h1-2,5-6,11-12,14-17,20-21,32-33H,3-4H2,(H,35,45)(H,36,46)(H3,25,28,29,34). The number of nitrogens with zero attached hydrogens (tertiary/aromatic N) is 5. The molecule has 10 unspecified atom stereocenters. The second kappa shape index (κ2) is 12.0. The highest BCUT2D eigenvalue weighted by molar-refractivity contribution is 8.44. The number of fused-ring (bicyclic) bond motifs is 5. The molecule has 5 N–H and O–H groups in total. The molecule has 1 aromatic carbocycles. The van der Waals surface area contributed by atoms with Gasteiger partial charge < -0.3 is 30.0 Å². The van der Waals surface area contributed by atoms with Crippen molar-refractivity contribution < 1.29 is 46.9 Å². The van der Waals surface area contributed by atoms with Crippen molar-refractivity contribution in [3.8, 4) is 0 Å². The first-order valence-corrected chi connectivity index (χ1v) is 19.4. The Kier molecular flexibility index (Phi) is 8.55. The molecule has 3 aliphatic heterocycles. The second-order valence-corrected chi connectivity index (χ2v) is 17.0. The number of H-pyrrole nitrogens is 1. The monoisotopic (exact) mass is 757 g/mol. The molecule has 3 fully saturated rings. The molecule has 0 spiro atoms. The van der Waals surface area contributed by atoms with Crippen LogP contribution < -0.4 is 11.3 Å². The quantitative estimate of drug-likeness (QED) is 0.127. The Labute approximate surface area is 277 Å². The van der Waals surface area contributed by atoms with Crippen molar-refractivity contribution in [3.05, 3.63) is 45.2 Å². The van der Waals surface area contributed by atoms with Crippen LogP contribution >= 0.6 is 61.3 Å². The Bertz CT molecular complexity index is 2000. The number of aliphatic hydroxyl groups is 2. The third-order valence-electron chi connectivity index (χ3n) is 7.55. The fourth-order valence-corrected chi connectivity index (χ4v) is 8.73. The van der Waals surface area contributed by atoms with Crippen molar-refractivity contribution in [1.82, 2.24) is 29.1 Å². The number of halogens is 2. The van der Waals surface area contributed by atoms with Crippen LogP contribution in [0, 0.1) is 0 Å². The maximum Gasteiger partial charge on any atom is 0.386 e. The van der Waals surface area contributed by atoms with Gasteiger partial charge >= 0.3 is 13.6 Å². The summed E-state index contributed by atoms with van der Waals surface area (Å²) >= 11 is 20.5. The molecule has 0 saturated carbocycles. The number of benzene rings is 1. The van der Waals surface area contributed by atoms with Gasteiger partial charge in [0.05, 0.1) is 46.9 Å². The van der Waals surface area contributed by atoms with Crippen molar-refractivity contribution in [3.63, 3.8) is 0 Å². The Balaban J connectivity index is 1.21. The zero-order valence-corrected chi connectivity index (χ0v) is 27.9. The summed E-state index contributed by atoms with van der Waals surface area (Å²) in [6.07, 6.45) is -8.47. The van der Waals surface area contributed by atoms with E-state index in [9.17, 15) is 24.1 Å². The lowest BCUT2D eigenvalue weighted by Crippen LogP contribution is -2.36. The summed E-state index contributed by atoms with van der Waals surface area (Å²) in [6, 6.07) is 3.05. The van der Waals surface area contributed by atoms with Crippen LogP contribution in [0.3, 0.4) is 0 Å². The van der Waals surface area contributed by atoms with Crippen LogP contribution in [0.4, 0.5) is 5.95 Å². The maximum atomic E-state index is 13.6. The summed E-state index contributed by atoms with van der Waals surface area (Å²) < 4.78 is 64.1. The summed E-state index contributed by atoms with van der Waals surface area (Å²) in [5, 5.41) is 22.9. The predicted octanol–water partition coefficient (Wildman–Crippen LogP) is 2.47. The van der Waals surface area contributed by atoms with Gasteiger partial charge in [-0.3, -0.25) is 32.4 Å². The molecule has 24 heteroatoms. The van der Waals surface area contributed by atoms with E-state index in [1.165, 1.54) is 33.9 Å². The van der Waals surface area contributed by atoms with Crippen LogP contribution in [0.1, 0.15) is 12.5 Å². The Morgan fingerprint density at radius 1 is 0.913 bits per heavy atom. The molecule has 248 valence electrons. The number of anilines is 1. The average Bonchev–Trinajstić information content (AvgIpc) is 3.72. The molecule has 10 atom stereocenters. The van der Waals surface area contributed by atoms with Gasteiger partial charge in [0.1, 0.15) is 36.6 Å². The molecule has 2 bridgehead atoms. The first-order valence-electron chi connectivity index (χ1n) is 13.2. The molecular formula is C22H23Cl2N7O11P2S2. The molecule has 0 radical (unpaired) electrons. The number of hydrogen-bond donors (Lipinski definition) is 6. The number of aromatic nitrogens is 6. The van der Waals surface area contributed by atoms with E-state index in [1.54, 1.807) is 0 Å². The number of aliphatic hydroxyl groups excluding tert-OH is 2. The fraction of sp³-hybridized carbons (Fsp3) is 0.455. The fourth-order valence-electron chi connectivity index (χ4n) is 5.47. The van der Waals surface area contributed by atoms with Gasteiger partial charge in [-0.15, -0.1) is 0 Å². The van der Waals surface area contributed by atoms with Gasteiger partial charge in [0.15, 0.2) is 23.6 Å². The number of nitrogens with one attached hydrogen (secondary N) is 1. The van der Waals surface area contributed by atoms with Crippen LogP contribution in [0.25, 0.3) is 22.2 Å². The van der Waals surface area contributed by atoms with Gasteiger partial charge in [-0.2, -0.15) is 4.98 Å². The topological polar surface area (TPSA) is 237 Å². The minimum absolute atomic E-state index is 0.0298. The Morgan fingerprint density at radius 3 is 2.28 bits per heavy atom. The Hall–Kier alpha value is -1.74. The first kappa shape index (κ1) is 32.8. The molecule has 3 aromatic heterocycles. The molecule has 18 nitrogen and oxygen atoms in total. The molecule has 0 aliphatic carbocycles. The van der Waals surface area contributed by atoms with Gasteiger partial charge in [0.2, 0.25) is 5.95 Å². The van der Waals surface area contributed by atoms with Gasteiger partial charge in [0, 0.05) is 0 Å². The Morgan fingerprint density at radius 2 is 1.54 bits per heavy atom. The van der Waals surface area contributed by atoms with Gasteiger partial charge in [-0.1, -0.05) is 47.7 Å². The third-order valence-corrected chi connectivity index (χ3v) is 11.5. The summed E-state index contributed by atoms with van der Waals surface area (Å²) in [7, 11) is 0. The largest absolute Gasteiger partial charge is 0.387 e. The first-order chi connectivity index (χ1) is 21.7. The third kappa shape index (κ3) is 5.92. The number of rotatable bonds is 2. The lowest BCUT2D eigenvalue weighted by molar-refractivity contribution is -0.0574.